The van der Waals surface area contributed by atoms with E-state index in [0.717, 1.165) is 13.0 Å². The monoisotopic (exact) mass is 230 g/mol. The minimum absolute atomic E-state index is 0.336. The quantitative estimate of drug-likeness (QED) is 0.873. The Morgan fingerprint density at radius 1 is 1.31 bits per heavy atom. The van der Waals surface area contributed by atoms with E-state index in [9.17, 15) is 0 Å². The van der Waals surface area contributed by atoms with Gasteiger partial charge in [-0.2, -0.15) is 16.6 Å². The molecule has 0 fully saturated rings. The van der Waals surface area contributed by atoms with Gasteiger partial charge in [-0.1, -0.05) is 0 Å². The summed E-state index contributed by atoms with van der Waals surface area (Å²) in [5.41, 5.74) is 1.66. The number of rotatable bonds is 4. The molecule has 0 spiro atoms. The van der Waals surface area contributed by atoms with E-state index in [1.54, 1.807) is 23.5 Å². The topological polar surface area (TPSA) is 61.6 Å². The molecule has 0 saturated carbocycles. The molecule has 16 heavy (non-hydrogen) atoms. The largest absolute Gasteiger partial charge is 0.368 e. The highest BCUT2D eigenvalue weighted by atomic mass is 32.1. The van der Waals surface area contributed by atoms with Crippen LogP contribution in [0.1, 0.15) is 11.3 Å². The van der Waals surface area contributed by atoms with Gasteiger partial charge in [0.2, 0.25) is 0 Å². The number of nitriles is 1. The van der Waals surface area contributed by atoms with Crippen LogP contribution >= 0.6 is 11.3 Å². The second kappa shape index (κ2) is 5.24. The maximum absolute atomic E-state index is 8.56. The fourth-order valence-corrected chi connectivity index (χ4v) is 1.96. The average molecular weight is 230 g/mol. The van der Waals surface area contributed by atoms with Crippen LogP contribution in [0, 0.1) is 11.3 Å². The minimum Gasteiger partial charge on any atom is -0.368 e. The van der Waals surface area contributed by atoms with Crippen LogP contribution in [0.2, 0.25) is 0 Å². The summed E-state index contributed by atoms with van der Waals surface area (Å²) in [5, 5.41) is 23.5. The van der Waals surface area contributed by atoms with Crippen LogP contribution in [-0.2, 0) is 6.42 Å². The third-order valence-electron chi connectivity index (χ3n) is 2.08. The molecule has 5 heteroatoms. The van der Waals surface area contributed by atoms with Crippen molar-refractivity contribution in [1.82, 2.24) is 10.2 Å². The van der Waals surface area contributed by atoms with E-state index in [-0.39, 0.29) is 0 Å². The maximum atomic E-state index is 8.56. The van der Waals surface area contributed by atoms with Gasteiger partial charge in [-0.25, -0.2) is 0 Å². The molecule has 0 amide bonds. The molecule has 1 N–H and O–H groups in total. The molecule has 0 aliphatic rings. The Labute approximate surface area is 97.6 Å². The third-order valence-corrected chi connectivity index (χ3v) is 2.81. The molecule has 80 valence electrons. The standard InChI is InChI=1S/C11H10N4S/c12-7-10-1-2-11(15-14-10)13-5-3-9-4-6-16-8-9/h1-2,4,6,8H,3,5H2,(H,13,15). The molecular weight excluding hydrogens is 220 g/mol. The van der Waals surface area contributed by atoms with Gasteiger partial charge >= 0.3 is 0 Å². The first-order valence-electron chi connectivity index (χ1n) is 4.87. The van der Waals surface area contributed by atoms with Crippen molar-refractivity contribution in [2.75, 3.05) is 11.9 Å². The Morgan fingerprint density at radius 2 is 2.25 bits per heavy atom. The molecule has 2 rings (SSSR count). The number of nitrogens with one attached hydrogen (secondary N) is 1. The van der Waals surface area contributed by atoms with Crippen molar-refractivity contribution in [3.8, 4) is 6.07 Å². The van der Waals surface area contributed by atoms with Gasteiger partial charge in [0.05, 0.1) is 0 Å². The van der Waals surface area contributed by atoms with Gasteiger partial charge in [-0.05, 0) is 40.9 Å². The molecule has 2 aromatic heterocycles. The Hall–Kier alpha value is -1.93. The highest BCUT2D eigenvalue weighted by Crippen LogP contribution is 2.07. The average Bonchev–Trinajstić information content (AvgIpc) is 2.83. The summed E-state index contributed by atoms with van der Waals surface area (Å²) >= 11 is 1.70. The van der Waals surface area contributed by atoms with Crippen LogP contribution in [-0.4, -0.2) is 16.7 Å². The summed E-state index contributed by atoms with van der Waals surface area (Å²) in [4.78, 5) is 0. The molecule has 0 saturated heterocycles. The molecule has 0 radical (unpaired) electrons. The Kier molecular flexibility index (Phi) is 3.46. The zero-order valence-electron chi connectivity index (χ0n) is 8.55. The summed E-state index contributed by atoms with van der Waals surface area (Å²) in [7, 11) is 0. The highest BCUT2D eigenvalue weighted by molar-refractivity contribution is 7.07. The summed E-state index contributed by atoms with van der Waals surface area (Å²) in [6, 6.07) is 7.46. The molecule has 0 bridgehead atoms. The fourth-order valence-electron chi connectivity index (χ4n) is 1.26. The first-order chi connectivity index (χ1) is 7.88. The SMILES string of the molecule is N#Cc1ccc(NCCc2ccsc2)nn1. The number of aromatic nitrogens is 2. The lowest BCUT2D eigenvalue weighted by atomic mass is 10.2. The van der Waals surface area contributed by atoms with E-state index in [2.05, 4.69) is 32.3 Å². The molecule has 0 aromatic carbocycles. The molecule has 0 aliphatic heterocycles. The molecule has 2 aromatic rings. The first kappa shape index (κ1) is 10.6. The number of anilines is 1. The van der Waals surface area contributed by atoms with E-state index in [0.29, 0.717) is 11.5 Å². The van der Waals surface area contributed by atoms with Crippen LogP contribution < -0.4 is 5.32 Å². The van der Waals surface area contributed by atoms with Gasteiger partial charge in [-0.15, -0.1) is 10.2 Å². The predicted octanol–water partition coefficient (Wildman–Crippen LogP) is 2.06. The smallest absolute Gasteiger partial charge is 0.163 e. The van der Waals surface area contributed by atoms with Crippen molar-refractivity contribution in [3.05, 3.63) is 40.2 Å². The van der Waals surface area contributed by atoms with Gasteiger partial charge in [0, 0.05) is 6.54 Å². The zero-order valence-corrected chi connectivity index (χ0v) is 9.37. The Balaban J connectivity index is 1.83. The van der Waals surface area contributed by atoms with Gasteiger partial charge < -0.3 is 5.32 Å². The highest BCUT2D eigenvalue weighted by Gasteiger charge is 1.97. The molecule has 2 heterocycles. The maximum Gasteiger partial charge on any atom is 0.163 e. The zero-order chi connectivity index (χ0) is 11.2. The summed E-state index contributed by atoms with van der Waals surface area (Å²) in [6.45, 7) is 0.817. The van der Waals surface area contributed by atoms with Crippen molar-refractivity contribution in [1.29, 1.82) is 5.26 Å². The van der Waals surface area contributed by atoms with E-state index in [1.165, 1.54) is 5.56 Å². The molecular formula is C11H10N4S. The second-order valence-electron chi connectivity index (χ2n) is 3.22. The summed E-state index contributed by atoms with van der Waals surface area (Å²) in [5.74, 6) is 0.703. The van der Waals surface area contributed by atoms with Gasteiger partial charge in [0.1, 0.15) is 11.9 Å². The number of hydrogen-bond acceptors (Lipinski definition) is 5. The van der Waals surface area contributed by atoms with E-state index >= 15 is 0 Å². The van der Waals surface area contributed by atoms with E-state index in [4.69, 9.17) is 5.26 Å². The van der Waals surface area contributed by atoms with Crippen LogP contribution in [0.5, 0.6) is 0 Å². The third kappa shape index (κ3) is 2.78. The molecule has 0 unspecified atom stereocenters. The number of nitrogens with zero attached hydrogens (tertiary/aromatic N) is 3. The lowest BCUT2D eigenvalue weighted by Gasteiger charge is -2.02. The lowest BCUT2D eigenvalue weighted by Crippen LogP contribution is -2.06. The minimum atomic E-state index is 0.336. The Bertz CT molecular complexity index is 470. The van der Waals surface area contributed by atoms with Crippen molar-refractivity contribution < 1.29 is 0 Å². The number of hydrogen-bond donors (Lipinski definition) is 1. The van der Waals surface area contributed by atoms with Crippen LogP contribution in [0.3, 0.4) is 0 Å². The molecule has 0 atom stereocenters. The predicted molar refractivity (Wildman–Crippen MR) is 63.3 cm³/mol. The second-order valence-corrected chi connectivity index (χ2v) is 4.00. The van der Waals surface area contributed by atoms with Crippen molar-refractivity contribution >= 4 is 17.2 Å². The molecule has 4 nitrogen and oxygen atoms in total. The van der Waals surface area contributed by atoms with Gasteiger partial charge in [0.15, 0.2) is 5.69 Å². The van der Waals surface area contributed by atoms with Crippen molar-refractivity contribution in [3.63, 3.8) is 0 Å². The fraction of sp³-hybridized carbons (Fsp3) is 0.182. The van der Waals surface area contributed by atoms with Crippen molar-refractivity contribution in [2.24, 2.45) is 0 Å². The van der Waals surface area contributed by atoms with E-state index < -0.39 is 0 Å². The summed E-state index contributed by atoms with van der Waals surface area (Å²) < 4.78 is 0. The van der Waals surface area contributed by atoms with Gasteiger partial charge in [0.25, 0.3) is 0 Å². The molecule has 0 aliphatic carbocycles. The van der Waals surface area contributed by atoms with Gasteiger partial charge in [-0.3, -0.25) is 0 Å². The lowest BCUT2D eigenvalue weighted by molar-refractivity contribution is 0.961. The van der Waals surface area contributed by atoms with Crippen LogP contribution in [0.4, 0.5) is 5.82 Å². The first-order valence-corrected chi connectivity index (χ1v) is 5.81. The summed E-state index contributed by atoms with van der Waals surface area (Å²) in [6.07, 6.45) is 0.963. The van der Waals surface area contributed by atoms with Crippen LogP contribution in [0.25, 0.3) is 0 Å². The number of thiophene rings is 1. The van der Waals surface area contributed by atoms with Crippen molar-refractivity contribution in [2.45, 2.75) is 6.42 Å². The Morgan fingerprint density at radius 3 is 2.88 bits per heavy atom. The van der Waals surface area contributed by atoms with E-state index in [1.807, 2.05) is 6.07 Å². The normalized spacial score (nSPS) is 9.69. The van der Waals surface area contributed by atoms with Crippen LogP contribution in [0.15, 0.2) is 29.0 Å².